The summed E-state index contributed by atoms with van der Waals surface area (Å²) in [4.78, 5) is 36.0. The quantitative estimate of drug-likeness (QED) is 0.817. The van der Waals surface area contributed by atoms with Gasteiger partial charge in [-0.1, -0.05) is 6.07 Å². The molecular formula is C20H27N5O2. The molecular weight excluding hydrogens is 342 g/mol. The number of nitrogens with zero attached hydrogens (tertiary/aromatic N) is 5. The number of aryl methyl sites for hydroxylation is 1. The lowest BCUT2D eigenvalue weighted by molar-refractivity contribution is -0.129. The first-order chi connectivity index (χ1) is 12.9. The Morgan fingerprint density at radius 3 is 2.78 bits per heavy atom. The number of rotatable bonds is 3. The lowest BCUT2D eigenvalue weighted by Gasteiger charge is -2.36. The van der Waals surface area contributed by atoms with Gasteiger partial charge in [-0.3, -0.25) is 18.9 Å². The molecule has 0 radical (unpaired) electrons. The van der Waals surface area contributed by atoms with Crippen molar-refractivity contribution in [2.75, 3.05) is 40.3 Å². The van der Waals surface area contributed by atoms with Gasteiger partial charge in [-0.05, 0) is 37.8 Å². The number of amides is 2. The lowest BCUT2D eigenvalue weighted by Crippen LogP contribution is -2.48. The van der Waals surface area contributed by atoms with Crippen LogP contribution < -0.4 is 0 Å². The molecule has 0 spiro atoms. The first-order valence-electron chi connectivity index (χ1n) is 9.61. The van der Waals surface area contributed by atoms with Gasteiger partial charge in [0.1, 0.15) is 11.3 Å². The third-order valence-corrected chi connectivity index (χ3v) is 5.81. The third-order valence-electron chi connectivity index (χ3n) is 5.81. The SMILES string of the molecule is Cc1nc2ccccn2c1C(=O)N1C[C@@H]2CC[C@H]1CN(CC(=O)N(C)C)C2. The van der Waals surface area contributed by atoms with Crippen LogP contribution in [0.5, 0.6) is 0 Å². The van der Waals surface area contributed by atoms with Gasteiger partial charge in [0.2, 0.25) is 5.91 Å². The van der Waals surface area contributed by atoms with Crippen molar-refractivity contribution in [1.29, 1.82) is 0 Å². The number of hydrogen-bond donors (Lipinski definition) is 0. The molecule has 0 aromatic carbocycles. The van der Waals surface area contributed by atoms with E-state index in [-0.39, 0.29) is 17.9 Å². The fraction of sp³-hybridized carbons (Fsp3) is 0.550. The Balaban J connectivity index is 1.58. The number of aromatic nitrogens is 2. The van der Waals surface area contributed by atoms with Crippen LogP contribution in [0, 0.1) is 12.8 Å². The Bertz CT molecular complexity index is 874. The van der Waals surface area contributed by atoms with Gasteiger partial charge in [0.25, 0.3) is 5.91 Å². The number of piperidine rings is 1. The number of pyridine rings is 1. The fourth-order valence-corrected chi connectivity index (χ4v) is 4.40. The van der Waals surface area contributed by atoms with Crippen LogP contribution in [0.25, 0.3) is 5.65 Å². The molecule has 7 nitrogen and oxygen atoms in total. The normalized spacial score (nSPS) is 22.9. The van der Waals surface area contributed by atoms with E-state index in [0.717, 1.165) is 43.8 Å². The Morgan fingerprint density at radius 1 is 1.19 bits per heavy atom. The van der Waals surface area contributed by atoms with Crippen molar-refractivity contribution in [1.82, 2.24) is 24.1 Å². The molecule has 0 aliphatic carbocycles. The van der Waals surface area contributed by atoms with Crippen LogP contribution in [-0.4, -0.2) is 82.2 Å². The predicted octanol–water partition coefficient (Wildman–Crippen LogP) is 1.27. The van der Waals surface area contributed by atoms with Crippen molar-refractivity contribution < 1.29 is 9.59 Å². The molecule has 7 heteroatoms. The van der Waals surface area contributed by atoms with E-state index in [2.05, 4.69) is 9.88 Å². The maximum absolute atomic E-state index is 13.4. The van der Waals surface area contributed by atoms with E-state index < -0.39 is 0 Å². The third kappa shape index (κ3) is 3.32. The van der Waals surface area contributed by atoms with Gasteiger partial charge in [-0.2, -0.15) is 0 Å². The van der Waals surface area contributed by atoms with Gasteiger partial charge in [0.05, 0.1) is 12.2 Å². The summed E-state index contributed by atoms with van der Waals surface area (Å²) < 4.78 is 1.89. The summed E-state index contributed by atoms with van der Waals surface area (Å²) in [6.07, 6.45) is 4.02. The molecule has 2 atom stereocenters. The number of carbonyl (C=O) groups is 2. The van der Waals surface area contributed by atoms with Crippen LogP contribution >= 0.6 is 0 Å². The van der Waals surface area contributed by atoms with Gasteiger partial charge in [0, 0.05) is 46.0 Å². The van der Waals surface area contributed by atoms with Gasteiger partial charge in [0.15, 0.2) is 0 Å². The topological polar surface area (TPSA) is 61.2 Å². The number of likely N-dealkylation sites (N-methyl/N-ethyl adjacent to an activating group) is 1. The molecule has 2 bridgehead atoms. The molecule has 0 N–H and O–H groups in total. The van der Waals surface area contributed by atoms with E-state index >= 15 is 0 Å². The molecule has 27 heavy (non-hydrogen) atoms. The second kappa shape index (κ2) is 6.96. The zero-order chi connectivity index (χ0) is 19.1. The van der Waals surface area contributed by atoms with Crippen molar-refractivity contribution >= 4 is 17.5 Å². The molecule has 5 rings (SSSR count). The largest absolute Gasteiger partial charge is 0.348 e. The zero-order valence-corrected chi connectivity index (χ0v) is 16.3. The van der Waals surface area contributed by atoms with Crippen LogP contribution in [0.2, 0.25) is 0 Å². The molecule has 3 aliphatic rings. The maximum atomic E-state index is 13.4. The smallest absolute Gasteiger partial charge is 0.273 e. The summed E-state index contributed by atoms with van der Waals surface area (Å²) in [5.41, 5.74) is 2.23. The van der Waals surface area contributed by atoms with E-state index in [1.165, 1.54) is 0 Å². The Kier molecular flexibility index (Phi) is 4.63. The second-order valence-corrected chi connectivity index (χ2v) is 8.01. The van der Waals surface area contributed by atoms with Crippen LogP contribution in [-0.2, 0) is 4.79 Å². The summed E-state index contributed by atoms with van der Waals surface area (Å²) in [5, 5.41) is 0. The molecule has 0 saturated carbocycles. The van der Waals surface area contributed by atoms with Gasteiger partial charge in [-0.15, -0.1) is 0 Å². The van der Waals surface area contributed by atoms with Crippen LogP contribution in [0.4, 0.5) is 0 Å². The number of imidazole rings is 1. The molecule has 2 amide bonds. The first-order valence-corrected chi connectivity index (χ1v) is 9.61. The van der Waals surface area contributed by atoms with Crippen LogP contribution in [0.15, 0.2) is 24.4 Å². The Hall–Kier alpha value is -2.41. The van der Waals surface area contributed by atoms with Crippen molar-refractivity contribution in [3.63, 3.8) is 0 Å². The van der Waals surface area contributed by atoms with E-state index in [9.17, 15) is 9.59 Å². The van der Waals surface area contributed by atoms with Crippen molar-refractivity contribution in [3.05, 3.63) is 35.8 Å². The minimum Gasteiger partial charge on any atom is -0.348 e. The molecule has 3 saturated heterocycles. The maximum Gasteiger partial charge on any atom is 0.273 e. The van der Waals surface area contributed by atoms with Crippen LogP contribution in [0.3, 0.4) is 0 Å². The monoisotopic (exact) mass is 369 g/mol. The summed E-state index contributed by atoms with van der Waals surface area (Å²) in [6.45, 7) is 4.73. The predicted molar refractivity (Wildman–Crippen MR) is 103 cm³/mol. The molecule has 3 aliphatic heterocycles. The van der Waals surface area contributed by atoms with Gasteiger partial charge < -0.3 is 9.80 Å². The highest BCUT2D eigenvalue weighted by Crippen LogP contribution is 2.30. The highest BCUT2D eigenvalue weighted by atomic mass is 16.2. The Labute approximate surface area is 159 Å². The molecule has 144 valence electrons. The standard InChI is InChI=1S/C20H27N5O2/c1-14-19(24-9-5-4-6-17(24)21-14)20(27)25-11-15-7-8-16(25)12-23(10-15)13-18(26)22(2)3/h4-6,9,15-16H,7-8,10-13H2,1-3H3/t15-,16+/m1/s1. The highest BCUT2D eigenvalue weighted by Gasteiger charge is 2.39. The molecule has 5 heterocycles. The summed E-state index contributed by atoms with van der Waals surface area (Å²) in [6, 6.07) is 5.93. The summed E-state index contributed by atoms with van der Waals surface area (Å²) >= 11 is 0. The van der Waals surface area contributed by atoms with Gasteiger partial charge >= 0.3 is 0 Å². The minimum atomic E-state index is 0.0571. The van der Waals surface area contributed by atoms with Gasteiger partial charge in [-0.25, -0.2) is 4.98 Å². The van der Waals surface area contributed by atoms with Crippen molar-refractivity contribution in [3.8, 4) is 0 Å². The second-order valence-electron chi connectivity index (χ2n) is 8.01. The van der Waals surface area contributed by atoms with Crippen LogP contribution in [0.1, 0.15) is 29.0 Å². The number of fused-ring (bicyclic) bond motifs is 5. The van der Waals surface area contributed by atoms with E-state index in [1.54, 1.807) is 19.0 Å². The van der Waals surface area contributed by atoms with E-state index in [0.29, 0.717) is 18.2 Å². The van der Waals surface area contributed by atoms with E-state index in [4.69, 9.17) is 0 Å². The first kappa shape index (κ1) is 18.0. The van der Waals surface area contributed by atoms with E-state index in [1.807, 2.05) is 40.6 Å². The minimum absolute atomic E-state index is 0.0571. The lowest BCUT2D eigenvalue weighted by atomic mass is 9.94. The summed E-state index contributed by atoms with van der Waals surface area (Å²) in [5.74, 6) is 0.593. The molecule has 2 aromatic rings. The zero-order valence-electron chi connectivity index (χ0n) is 16.3. The molecule has 2 aromatic heterocycles. The fourth-order valence-electron chi connectivity index (χ4n) is 4.40. The molecule has 0 unspecified atom stereocenters. The Morgan fingerprint density at radius 2 is 2.00 bits per heavy atom. The van der Waals surface area contributed by atoms with Crippen molar-refractivity contribution in [2.45, 2.75) is 25.8 Å². The number of hydrogen-bond acceptors (Lipinski definition) is 4. The summed E-state index contributed by atoms with van der Waals surface area (Å²) in [7, 11) is 3.58. The molecule has 3 fully saturated rings. The number of carbonyl (C=O) groups excluding carboxylic acids is 2. The average Bonchev–Trinajstić information content (AvgIpc) is 2.76. The highest BCUT2D eigenvalue weighted by molar-refractivity contribution is 5.95. The average molecular weight is 369 g/mol. The van der Waals surface area contributed by atoms with Crippen molar-refractivity contribution in [2.24, 2.45) is 5.92 Å².